The summed E-state index contributed by atoms with van der Waals surface area (Å²) in [6.07, 6.45) is 0. The summed E-state index contributed by atoms with van der Waals surface area (Å²) in [6, 6.07) is 0. The second-order valence-corrected chi connectivity index (χ2v) is 1.96. The van der Waals surface area contributed by atoms with Crippen LogP contribution < -0.4 is 0 Å². The van der Waals surface area contributed by atoms with Crippen LogP contribution in [-0.4, -0.2) is 20.9 Å². The van der Waals surface area contributed by atoms with Crippen LogP contribution in [-0.2, 0) is 9.31 Å². The van der Waals surface area contributed by atoms with Crippen molar-refractivity contribution in [2.24, 2.45) is 5.92 Å². The van der Waals surface area contributed by atoms with E-state index in [-0.39, 0.29) is 0 Å². The molecule has 1 saturated heterocycles. The third kappa shape index (κ3) is 1.49. The van der Waals surface area contributed by atoms with Crippen LogP contribution in [0.15, 0.2) is 0 Å². The summed E-state index contributed by atoms with van der Waals surface area (Å²) < 4.78 is 9.92. The zero-order valence-electron chi connectivity index (χ0n) is 4.52. The first kappa shape index (κ1) is 5.13. The molecule has 3 heteroatoms. The molecule has 1 aliphatic rings. The van der Waals surface area contributed by atoms with E-state index in [1.165, 1.54) is 0 Å². The Morgan fingerprint density at radius 2 is 2.00 bits per heavy atom. The van der Waals surface area contributed by atoms with Crippen LogP contribution in [0.5, 0.6) is 0 Å². The van der Waals surface area contributed by atoms with Gasteiger partial charge in [0.1, 0.15) is 0 Å². The van der Waals surface area contributed by atoms with Gasteiger partial charge < -0.3 is 9.31 Å². The van der Waals surface area contributed by atoms with E-state index < -0.39 is 0 Å². The predicted molar refractivity (Wildman–Crippen MR) is 28.2 cm³/mol. The van der Waals surface area contributed by atoms with Crippen molar-refractivity contribution < 1.29 is 9.31 Å². The maximum Gasteiger partial charge on any atom is 0.438 e. The topological polar surface area (TPSA) is 18.5 Å². The molecule has 0 atom stereocenters. The molecule has 1 aliphatic heterocycles. The Morgan fingerprint density at radius 1 is 1.43 bits per heavy atom. The molecule has 0 spiro atoms. The van der Waals surface area contributed by atoms with Crippen molar-refractivity contribution in [1.82, 2.24) is 0 Å². The molecule has 0 N–H and O–H groups in total. The second-order valence-electron chi connectivity index (χ2n) is 1.96. The summed E-state index contributed by atoms with van der Waals surface area (Å²) in [5, 5.41) is 0. The standard InChI is InChI=1S/C4H9BO2/c1-4-2-6-5-7-3-4/h4-5H,2-3H2,1H3. The summed E-state index contributed by atoms with van der Waals surface area (Å²) in [5.74, 6) is 0.591. The molecule has 0 aromatic rings. The van der Waals surface area contributed by atoms with Gasteiger partial charge in [-0.25, -0.2) is 0 Å². The first-order chi connectivity index (χ1) is 3.39. The molecular weight excluding hydrogens is 90.9 g/mol. The van der Waals surface area contributed by atoms with Gasteiger partial charge in [0.2, 0.25) is 0 Å². The molecule has 7 heavy (non-hydrogen) atoms. The van der Waals surface area contributed by atoms with Crippen molar-refractivity contribution in [2.45, 2.75) is 6.92 Å². The Balaban J connectivity index is 2.12. The van der Waals surface area contributed by atoms with E-state index in [0.717, 1.165) is 13.2 Å². The van der Waals surface area contributed by atoms with Gasteiger partial charge in [0.15, 0.2) is 0 Å². The third-order valence-electron chi connectivity index (χ3n) is 0.971. The lowest BCUT2D eigenvalue weighted by molar-refractivity contribution is 0.107. The minimum Gasteiger partial charge on any atom is -0.414 e. The normalized spacial score (nSPS) is 24.1. The van der Waals surface area contributed by atoms with E-state index in [1.807, 2.05) is 0 Å². The highest BCUT2D eigenvalue weighted by atomic mass is 16.6. The highest BCUT2D eigenvalue weighted by Gasteiger charge is 2.08. The van der Waals surface area contributed by atoms with Gasteiger partial charge in [0.25, 0.3) is 0 Å². The van der Waals surface area contributed by atoms with Crippen LogP contribution in [0.1, 0.15) is 6.92 Å². The lowest BCUT2D eigenvalue weighted by atomic mass is 10.2. The smallest absolute Gasteiger partial charge is 0.414 e. The molecule has 0 aromatic heterocycles. The number of hydrogen-bond donors (Lipinski definition) is 0. The average Bonchev–Trinajstić information content (AvgIpc) is 1.69. The third-order valence-corrected chi connectivity index (χ3v) is 0.971. The van der Waals surface area contributed by atoms with E-state index in [0.29, 0.717) is 13.6 Å². The molecule has 0 aliphatic carbocycles. The fourth-order valence-electron chi connectivity index (χ4n) is 0.606. The Labute approximate surface area is 44.1 Å². The monoisotopic (exact) mass is 100 g/mol. The van der Waals surface area contributed by atoms with Crippen molar-refractivity contribution in [1.29, 1.82) is 0 Å². The SMILES string of the molecule is CC1COBOC1. The summed E-state index contributed by atoms with van der Waals surface area (Å²) >= 11 is 0. The van der Waals surface area contributed by atoms with Crippen molar-refractivity contribution in [2.75, 3.05) is 13.2 Å². The first-order valence-corrected chi connectivity index (χ1v) is 2.55. The quantitative estimate of drug-likeness (QED) is 0.397. The molecule has 1 fully saturated rings. The largest absolute Gasteiger partial charge is 0.438 e. The molecule has 0 radical (unpaired) electrons. The van der Waals surface area contributed by atoms with Gasteiger partial charge in [-0.15, -0.1) is 0 Å². The first-order valence-electron chi connectivity index (χ1n) is 2.55. The Kier molecular flexibility index (Phi) is 1.71. The average molecular weight is 99.9 g/mol. The molecule has 0 aromatic carbocycles. The lowest BCUT2D eigenvalue weighted by Gasteiger charge is -2.16. The van der Waals surface area contributed by atoms with Gasteiger partial charge in [-0.05, 0) is 5.92 Å². The van der Waals surface area contributed by atoms with Gasteiger partial charge in [-0.2, -0.15) is 0 Å². The molecule has 0 bridgehead atoms. The lowest BCUT2D eigenvalue weighted by Crippen LogP contribution is -2.23. The Bertz CT molecular complexity index is 51.7. The van der Waals surface area contributed by atoms with Crippen LogP contribution in [0, 0.1) is 5.92 Å². The Morgan fingerprint density at radius 3 is 2.29 bits per heavy atom. The fourth-order valence-corrected chi connectivity index (χ4v) is 0.606. The van der Waals surface area contributed by atoms with Crippen LogP contribution in [0.25, 0.3) is 0 Å². The second kappa shape index (κ2) is 2.33. The van der Waals surface area contributed by atoms with E-state index in [9.17, 15) is 0 Å². The van der Waals surface area contributed by atoms with Crippen molar-refractivity contribution in [3.63, 3.8) is 0 Å². The number of rotatable bonds is 0. The van der Waals surface area contributed by atoms with E-state index in [4.69, 9.17) is 9.31 Å². The molecule has 0 saturated carbocycles. The van der Waals surface area contributed by atoms with Crippen molar-refractivity contribution in [3.8, 4) is 0 Å². The van der Waals surface area contributed by atoms with Gasteiger partial charge in [0.05, 0.1) is 0 Å². The summed E-state index contributed by atoms with van der Waals surface area (Å²) in [4.78, 5) is 0. The van der Waals surface area contributed by atoms with E-state index in [2.05, 4.69) is 6.92 Å². The van der Waals surface area contributed by atoms with Gasteiger partial charge in [-0.1, -0.05) is 6.92 Å². The predicted octanol–water partition coefficient (Wildman–Crippen LogP) is -0.0642. The number of hydrogen-bond acceptors (Lipinski definition) is 2. The molecule has 2 nitrogen and oxygen atoms in total. The summed E-state index contributed by atoms with van der Waals surface area (Å²) in [6.45, 7) is 3.83. The summed E-state index contributed by atoms with van der Waals surface area (Å²) in [5.41, 5.74) is 0. The van der Waals surface area contributed by atoms with Crippen molar-refractivity contribution in [3.05, 3.63) is 0 Å². The van der Waals surface area contributed by atoms with E-state index >= 15 is 0 Å². The van der Waals surface area contributed by atoms with Crippen LogP contribution in [0.4, 0.5) is 0 Å². The van der Waals surface area contributed by atoms with E-state index in [1.54, 1.807) is 0 Å². The van der Waals surface area contributed by atoms with Crippen LogP contribution in [0.2, 0.25) is 0 Å². The molecule has 40 valence electrons. The van der Waals surface area contributed by atoms with Gasteiger partial charge in [-0.3, -0.25) is 0 Å². The van der Waals surface area contributed by atoms with Gasteiger partial charge in [0, 0.05) is 13.2 Å². The highest BCUT2D eigenvalue weighted by Crippen LogP contribution is 2.00. The Hall–Kier alpha value is -0.0151. The molecule has 1 rings (SSSR count). The molecule has 0 amide bonds. The maximum absolute atomic E-state index is 4.96. The van der Waals surface area contributed by atoms with Gasteiger partial charge >= 0.3 is 7.69 Å². The fraction of sp³-hybridized carbons (Fsp3) is 1.00. The molecular formula is C4H9BO2. The zero-order valence-corrected chi connectivity index (χ0v) is 4.52. The van der Waals surface area contributed by atoms with Crippen LogP contribution >= 0.6 is 0 Å². The zero-order chi connectivity index (χ0) is 5.11. The maximum atomic E-state index is 4.96. The van der Waals surface area contributed by atoms with Crippen LogP contribution in [0.3, 0.4) is 0 Å². The molecule has 1 heterocycles. The minimum atomic E-state index is 0.490. The highest BCUT2D eigenvalue weighted by molar-refractivity contribution is 6.18. The molecule has 0 unspecified atom stereocenters. The van der Waals surface area contributed by atoms with Crippen molar-refractivity contribution >= 4 is 7.69 Å². The minimum absolute atomic E-state index is 0.490. The summed E-state index contributed by atoms with van der Waals surface area (Å²) in [7, 11) is 0.490.